The number of rotatable bonds is 5. The minimum absolute atomic E-state index is 0. The zero-order valence-electron chi connectivity index (χ0n) is 9.06. The van der Waals surface area contributed by atoms with Crippen molar-refractivity contribution in [2.45, 2.75) is 19.8 Å². The molecule has 0 amide bonds. The molecule has 0 atom stereocenters. The maximum atomic E-state index is 10.5. The van der Waals surface area contributed by atoms with Crippen LogP contribution in [0.3, 0.4) is 0 Å². The Balaban J connectivity index is 0.00000225. The highest BCUT2D eigenvalue weighted by atomic mass is 16.6. The molecule has 16 heavy (non-hydrogen) atoms. The van der Waals surface area contributed by atoms with Gasteiger partial charge in [0.25, 0.3) is 5.69 Å². The van der Waals surface area contributed by atoms with Gasteiger partial charge in [-0.15, -0.1) is 0 Å². The third kappa shape index (κ3) is 3.74. The number of nitro benzene ring substituents is 1. The Bertz CT molecular complexity index is 355. The molecule has 0 fully saturated rings. The molecular formula is C10H16N2O4. The van der Waals surface area contributed by atoms with E-state index in [9.17, 15) is 15.2 Å². The van der Waals surface area contributed by atoms with Crippen molar-refractivity contribution in [2.75, 3.05) is 11.9 Å². The van der Waals surface area contributed by atoms with Crippen LogP contribution in [0.4, 0.5) is 11.4 Å². The van der Waals surface area contributed by atoms with Crippen LogP contribution in [0.25, 0.3) is 0 Å². The van der Waals surface area contributed by atoms with Gasteiger partial charge in [-0.05, 0) is 12.5 Å². The van der Waals surface area contributed by atoms with Crippen LogP contribution in [-0.4, -0.2) is 22.1 Å². The molecule has 0 heterocycles. The lowest BCUT2D eigenvalue weighted by Crippen LogP contribution is -2.01. The molecule has 0 aliphatic rings. The molecule has 0 saturated heterocycles. The molecule has 1 rings (SSSR count). The number of nitrogens with one attached hydrogen (secondary N) is 1. The second kappa shape index (κ2) is 6.62. The SMILES string of the molecule is CCCCNc1cc([N+](=O)[O-])ccc1O.O. The number of nitro groups is 1. The van der Waals surface area contributed by atoms with Crippen LogP contribution in [0.2, 0.25) is 0 Å². The number of non-ortho nitro benzene ring substituents is 1. The Morgan fingerprint density at radius 2 is 2.19 bits per heavy atom. The zero-order chi connectivity index (χ0) is 11.3. The average molecular weight is 228 g/mol. The van der Waals surface area contributed by atoms with Crippen LogP contribution >= 0.6 is 0 Å². The largest absolute Gasteiger partial charge is 0.506 e. The summed E-state index contributed by atoms with van der Waals surface area (Å²) in [6.07, 6.45) is 1.99. The molecule has 4 N–H and O–H groups in total. The number of benzene rings is 1. The molecule has 0 saturated carbocycles. The van der Waals surface area contributed by atoms with Gasteiger partial charge in [0.15, 0.2) is 0 Å². The number of phenolic OH excluding ortho intramolecular Hbond substituents is 1. The Labute approximate surface area is 93.4 Å². The van der Waals surface area contributed by atoms with E-state index in [1.54, 1.807) is 0 Å². The third-order valence-corrected chi connectivity index (χ3v) is 2.04. The van der Waals surface area contributed by atoms with Crippen molar-refractivity contribution in [2.24, 2.45) is 0 Å². The van der Waals surface area contributed by atoms with E-state index >= 15 is 0 Å². The van der Waals surface area contributed by atoms with Gasteiger partial charge in [-0.1, -0.05) is 13.3 Å². The highest BCUT2D eigenvalue weighted by Gasteiger charge is 2.09. The first-order chi connectivity index (χ1) is 7.15. The van der Waals surface area contributed by atoms with Crippen LogP contribution in [0, 0.1) is 10.1 Å². The van der Waals surface area contributed by atoms with E-state index < -0.39 is 4.92 Å². The number of hydrogen-bond acceptors (Lipinski definition) is 4. The van der Waals surface area contributed by atoms with Gasteiger partial charge >= 0.3 is 0 Å². The summed E-state index contributed by atoms with van der Waals surface area (Å²) in [6, 6.07) is 3.94. The van der Waals surface area contributed by atoms with Crippen molar-refractivity contribution in [1.29, 1.82) is 0 Å². The Hall–Kier alpha value is -1.82. The molecule has 0 spiro atoms. The number of aromatic hydroxyl groups is 1. The number of unbranched alkanes of at least 4 members (excludes halogenated alkanes) is 1. The number of hydrogen-bond donors (Lipinski definition) is 2. The normalized spacial score (nSPS) is 9.31. The standard InChI is InChI=1S/C10H14N2O3.H2O/c1-2-3-6-11-9-7-8(12(14)15)4-5-10(9)13;/h4-5,7,11,13H,2-3,6H2,1H3;1H2. The van der Waals surface area contributed by atoms with E-state index in [0.717, 1.165) is 12.8 Å². The van der Waals surface area contributed by atoms with Gasteiger partial charge in [0.1, 0.15) is 5.75 Å². The van der Waals surface area contributed by atoms with Crippen molar-refractivity contribution in [1.82, 2.24) is 0 Å². The molecule has 0 aliphatic carbocycles. The van der Waals surface area contributed by atoms with Gasteiger partial charge in [0.2, 0.25) is 0 Å². The van der Waals surface area contributed by atoms with E-state index in [4.69, 9.17) is 0 Å². The summed E-state index contributed by atoms with van der Waals surface area (Å²) in [5, 5.41) is 22.9. The number of nitrogens with zero attached hydrogens (tertiary/aromatic N) is 1. The van der Waals surface area contributed by atoms with E-state index in [0.29, 0.717) is 12.2 Å². The van der Waals surface area contributed by atoms with Crippen molar-refractivity contribution in [3.05, 3.63) is 28.3 Å². The smallest absolute Gasteiger partial charge is 0.271 e. The fourth-order valence-corrected chi connectivity index (χ4v) is 1.18. The van der Waals surface area contributed by atoms with E-state index in [2.05, 4.69) is 12.2 Å². The van der Waals surface area contributed by atoms with Crippen LogP contribution in [0.5, 0.6) is 5.75 Å². The predicted molar refractivity (Wildman–Crippen MR) is 61.8 cm³/mol. The topological polar surface area (TPSA) is 107 Å². The minimum atomic E-state index is -0.482. The first-order valence-electron chi connectivity index (χ1n) is 4.86. The zero-order valence-corrected chi connectivity index (χ0v) is 9.06. The highest BCUT2D eigenvalue weighted by Crippen LogP contribution is 2.27. The quantitative estimate of drug-likeness (QED) is 0.346. The second-order valence-electron chi connectivity index (χ2n) is 3.24. The van der Waals surface area contributed by atoms with Gasteiger partial charge < -0.3 is 15.9 Å². The summed E-state index contributed by atoms with van der Waals surface area (Å²) >= 11 is 0. The lowest BCUT2D eigenvalue weighted by Gasteiger charge is -2.06. The van der Waals surface area contributed by atoms with Gasteiger partial charge in [-0.25, -0.2) is 0 Å². The Kier molecular flexibility index (Phi) is 5.87. The third-order valence-electron chi connectivity index (χ3n) is 2.04. The second-order valence-corrected chi connectivity index (χ2v) is 3.24. The maximum absolute atomic E-state index is 10.5. The molecule has 0 aliphatic heterocycles. The molecular weight excluding hydrogens is 212 g/mol. The van der Waals surface area contributed by atoms with Crippen molar-refractivity contribution >= 4 is 11.4 Å². The number of phenols is 1. The lowest BCUT2D eigenvalue weighted by atomic mass is 10.2. The van der Waals surface area contributed by atoms with Gasteiger partial charge in [0, 0.05) is 18.7 Å². The van der Waals surface area contributed by atoms with Crippen molar-refractivity contribution in [3.63, 3.8) is 0 Å². The fraction of sp³-hybridized carbons (Fsp3) is 0.400. The molecule has 0 bridgehead atoms. The summed E-state index contributed by atoms with van der Waals surface area (Å²) in [7, 11) is 0. The molecule has 0 radical (unpaired) electrons. The van der Waals surface area contributed by atoms with Gasteiger partial charge in [0.05, 0.1) is 10.6 Å². The molecule has 1 aromatic rings. The molecule has 0 unspecified atom stereocenters. The molecule has 6 heteroatoms. The summed E-state index contributed by atoms with van der Waals surface area (Å²) in [5.41, 5.74) is 0.393. The average Bonchev–Trinajstić information content (AvgIpc) is 2.20. The van der Waals surface area contributed by atoms with Gasteiger partial charge in [-0.2, -0.15) is 0 Å². The fourth-order valence-electron chi connectivity index (χ4n) is 1.18. The predicted octanol–water partition coefficient (Wildman–Crippen LogP) is 1.69. The van der Waals surface area contributed by atoms with Crippen LogP contribution in [-0.2, 0) is 0 Å². The summed E-state index contributed by atoms with van der Waals surface area (Å²) in [4.78, 5) is 10.0. The molecule has 90 valence electrons. The Morgan fingerprint density at radius 3 is 2.75 bits per heavy atom. The maximum Gasteiger partial charge on any atom is 0.271 e. The van der Waals surface area contributed by atoms with Crippen LogP contribution in [0.15, 0.2) is 18.2 Å². The monoisotopic (exact) mass is 228 g/mol. The Morgan fingerprint density at radius 1 is 1.50 bits per heavy atom. The van der Waals surface area contributed by atoms with Crippen LogP contribution in [0.1, 0.15) is 19.8 Å². The molecule has 0 aromatic heterocycles. The van der Waals surface area contributed by atoms with Crippen molar-refractivity contribution in [3.8, 4) is 5.75 Å². The summed E-state index contributed by atoms with van der Waals surface area (Å²) < 4.78 is 0. The highest BCUT2D eigenvalue weighted by molar-refractivity contribution is 5.60. The summed E-state index contributed by atoms with van der Waals surface area (Å²) in [6.45, 7) is 2.75. The first kappa shape index (κ1) is 14.2. The van der Waals surface area contributed by atoms with Crippen LogP contribution < -0.4 is 5.32 Å². The molecule has 6 nitrogen and oxygen atoms in total. The first-order valence-corrected chi connectivity index (χ1v) is 4.86. The van der Waals surface area contributed by atoms with Gasteiger partial charge in [-0.3, -0.25) is 10.1 Å². The number of anilines is 1. The molecule has 1 aromatic carbocycles. The van der Waals surface area contributed by atoms with E-state index in [1.807, 2.05) is 0 Å². The van der Waals surface area contributed by atoms with E-state index in [1.165, 1.54) is 18.2 Å². The lowest BCUT2D eigenvalue weighted by molar-refractivity contribution is -0.384. The van der Waals surface area contributed by atoms with Crippen molar-refractivity contribution < 1.29 is 15.5 Å². The summed E-state index contributed by atoms with van der Waals surface area (Å²) in [5.74, 6) is 0.0386. The minimum Gasteiger partial charge on any atom is -0.506 e. The van der Waals surface area contributed by atoms with E-state index in [-0.39, 0.29) is 16.9 Å².